The third-order valence-corrected chi connectivity index (χ3v) is 3.98. The van der Waals surface area contributed by atoms with Gasteiger partial charge in [-0.05, 0) is 43.3 Å². The van der Waals surface area contributed by atoms with Crippen LogP contribution in [-0.2, 0) is 9.59 Å². The number of rotatable bonds is 6. The van der Waals surface area contributed by atoms with Crippen LogP contribution in [0.3, 0.4) is 0 Å². The molecule has 2 rings (SSSR count). The summed E-state index contributed by atoms with van der Waals surface area (Å²) in [6.07, 6.45) is 0. The average molecular weight is 332 g/mol. The monoisotopic (exact) mass is 332 g/mol. The van der Waals surface area contributed by atoms with Gasteiger partial charge in [0.2, 0.25) is 11.8 Å². The van der Waals surface area contributed by atoms with Crippen molar-refractivity contribution >= 4 is 29.3 Å². The minimum Gasteiger partial charge on any atom is -0.346 e. The van der Waals surface area contributed by atoms with Gasteiger partial charge in [-0.15, -0.1) is 11.8 Å². The number of nitrogens with one attached hydrogen (secondary N) is 2. The van der Waals surface area contributed by atoms with Gasteiger partial charge in [0.1, 0.15) is 5.82 Å². The maximum Gasteiger partial charge on any atom is 0.243 e. The number of hydrogen-bond donors (Lipinski definition) is 2. The van der Waals surface area contributed by atoms with E-state index in [1.54, 1.807) is 0 Å². The Morgan fingerprint density at radius 1 is 1.00 bits per heavy atom. The molecule has 6 heteroatoms. The molecule has 0 saturated heterocycles. The molecular weight excluding hydrogens is 315 g/mol. The normalized spacial score (nSPS) is 10.2. The molecule has 0 heterocycles. The second kappa shape index (κ2) is 8.33. The first-order valence-electron chi connectivity index (χ1n) is 7.04. The standard InChI is InChI=1S/C17H17FN2O2S/c1-12-2-8-15(9-3-12)23-11-17(22)19-10-16(21)20-14-6-4-13(18)5-7-14/h2-9H,10-11H2,1H3,(H,19,22)(H,20,21). The highest BCUT2D eigenvalue weighted by atomic mass is 32.2. The predicted molar refractivity (Wildman–Crippen MR) is 89.9 cm³/mol. The van der Waals surface area contributed by atoms with Crippen LogP contribution in [0.25, 0.3) is 0 Å². The molecule has 2 amide bonds. The van der Waals surface area contributed by atoms with Crippen molar-refractivity contribution in [3.63, 3.8) is 0 Å². The summed E-state index contributed by atoms with van der Waals surface area (Å²) in [7, 11) is 0. The lowest BCUT2D eigenvalue weighted by Crippen LogP contribution is -2.33. The van der Waals surface area contributed by atoms with Gasteiger partial charge in [0, 0.05) is 10.6 Å². The lowest BCUT2D eigenvalue weighted by atomic mass is 10.2. The number of carbonyl (C=O) groups excluding carboxylic acids is 2. The Hall–Kier alpha value is -2.34. The van der Waals surface area contributed by atoms with Gasteiger partial charge in [-0.3, -0.25) is 9.59 Å². The first-order valence-corrected chi connectivity index (χ1v) is 8.03. The van der Waals surface area contributed by atoms with Gasteiger partial charge in [-0.25, -0.2) is 4.39 Å². The fourth-order valence-electron chi connectivity index (χ4n) is 1.75. The van der Waals surface area contributed by atoms with E-state index in [9.17, 15) is 14.0 Å². The Kier molecular flexibility index (Phi) is 6.17. The highest BCUT2D eigenvalue weighted by molar-refractivity contribution is 8.00. The van der Waals surface area contributed by atoms with E-state index in [1.165, 1.54) is 36.0 Å². The number of benzene rings is 2. The van der Waals surface area contributed by atoms with Crippen LogP contribution >= 0.6 is 11.8 Å². The number of amides is 2. The van der Waals surface area contributed by atoms with Gasteiger partial charge in [-0.1, -0.05) is 17.7 Å². The van der Waals surface area contributed by atoms with E-state index >= 15 is 0 Å². The summed E-state index contributed by atoms with van der Waals surface area (Å²) in [4.78, 5) is 24.4. The molecule has 0 aliphatic heterocycles. The largest absolute Gasteiger partial charge is 0.346 e. The fourth-order valence-corrected chi connectivity index (χ4v) is 2.48. The van der Waals surface area contributed by atoms with E-state index in [2.05, 4.69) is 10.6 Å². The molecule has 0 radical (unpaired) electrons. The number of aryl methyl sites for hydroxylation is 1. The minimum absolute atomic E-state index is 0.120. The topological polar surface area (TPSA) is 58.2 Å². The quantitative estimate of drug-likeness (QED) is 0.800. The van der Waals surface area contributed by atoms with E-state index < -0.39 is 0 Å². The van der Waals surface area contributed by atoms with E-state index in [0.29, 0.717) is 5.69 Å². The van der Waals surface area contributed by atoms with Crippen LogP contribution in [0.2, 0.25) is 0 Å². The summed E-state index contributed by atoms with van der Waals surface area (Å²) < 4.78 is 12.8. The van der Waals surface area contributed by atoms with Crippen molar-refractivity contribution in [3.05, 3.63) is 59.9 Å². The molecule has 0 aromatic heterocycles. The molecule has 0 atom stereocenters. The zero-order valence-electron chi connectivity index (χ0n) is 12.6. The van der Waals surface area contributed by atoms with Crippen LogP contribution in [-0.4, -0.2) is 24.1 Å². The second-order valence-corrected chi connectivity index (χ2v) is 5.98. The third kappa shape index (κ3) is 6.12. The van der Waals surface area contributed by atoms with Gasteiger partial charge in [-0.2, -0.15) is 0 Å². The zero-order valence-corrected chi connectivity index (χ0v) is 13.5. The summed E-state index contributed by atoms with van der Waals surface area (Å²) >= 11 is 1.41. The Labute approximate surface area is 138 Å². The molecule has 2 N–H and O–H groups in total. The Morgan fingerprint density at radius 2 is 1.65 bits per heavy atom. The first kappa shape index (κ1) is 17.0. The van der Waals surface area contributed by atoms with Crippen molar-refractivity contribution in [2.45, 2.75) is 11.8 Å². The van der Waals surface area contributed by atoms with E-state index in [0.717, 1.165) is 10.5 Å². The maximum atomic E-state index is 12.8. The molecule has 0 unspecified atom stereocenters. The summed E-state index contributed by atoms with van der Waals surface area (Å²) in [6, 6.07) is 13.3. The molecule has 120 valence electrons. The number of carbonyl (C=O) groups is 2. The Morgan fingerprint density at radius 3 is 2.30 bits per heavy atom. The summed E-state index contributed by atoms with van der Waals surface area (Å²) in [5, 5.41) is 5.13. The minimum atomic E-state index is -0.371. The Balaban J connectivity index is 1.70. The van der Waals surface area contributed by atoms with Crippen LogP contribution in [0.15, 0.2) is 53.4 Å². The van der Waals surface area contributed by atoms with Gasteiger partial charge < -0.3 is 10.6 Å². The van der Waals surface area contributed by atoms with Crippen molar-refractivity contribution in [1.82, 2.24) is 5.32 Å². The van der Waals surface area contributed by atoms with E-state index in [1.807, 2.05) is 31.2 Å². The Bertz CT molecular complexity index is 672. The van der Waals surface area contributed by atoms with Crippen molar-refractivity contribution in [3.8, 4) is 0 Å². The second-order valence-electron chi connectivity index (χ2n) is 4.93. The van der Waals surface area contributed by atoms with Crippen molar-refractivity contribution in [2.24, 2.45) is 0 Å². The summed E-state index contributed by atoms with van der Waals surface area (Å²) in [5.74, 6) is -0.702. The molecule has 0 spiro atoms. The molecule has 0 aliphatic rings. The molecule has 4 nitrogen and oxygen atoms in total. The number of thioether (sulfide) groups is 1. The van der Waals surface area contributed by atoms with Gasteiger partial charge in [0.15, 0.2) is 0 Å². The van der Waals surface area contributed by atoms with Crippen LogP contribution in [0, 0.1) is 12.7 Å². The fraction of sp³-hybridized carbons (Fsp3) is 0.176. The molecule has 0 aliphatic carbocycles. The molecule has 2 aromatic rings. The number of anilines is 1. The molecule has 0 saturated carbocycles. The molecule has 2 aromatic carbocycles. The first-order chi connectivity index (χ1) is 11.0. The highest BCUT2D eigenvalue weighted by Crippen LogP contribution is 2.17. The summed E-state index contributed by atoms with van der Waals surface area (Å²) in [5.41, 5.74) is 1.65. The smallest absolute Gasteiger partial charge is 0.243 e. The molecule has 0 fully saturated rings. The van der Waals surface area contributed by atoms with Crippen molar-refractivity contribution in [2.75, 3.05) is 17.6 Å². The molecular formula is C17H17FN2O2S. The average Bonchev–Trinajstić information content (AvgIpc) is 2.54. The lowest BCUT2D eigenvalue weighted by Gasteiger charge is -2.07. The van der Waals surface area contributed by atoms with Crippen molar-refractivity contribution < 1.29 is 14.0 Å². The number of halogens is 1. The van der Waals surface area contributed by atoms with E-state index in [-0.39, 0.29) is 29.9 Å². The van der Waals surface area contributed by atoms with Crippen LogP contribution in [0.5, 0.6) is 0 Å². The maximum absolute atomic E-state index is 12.8. The van der Waals surface area contributed by atoms with Gasteiger partial charge in [0.25, 0.3) is 0 Å². The molecule has 23 heavy (non-hydrogen) atoms. The highest BCUT2D eigenvalue weighted by Gasteiger charge is 2.07. The SMILES string of the molecule is Cc1ccc(SCC(=O)NCC(=O)Nc2ccc(F)cc2)cc1. The van der Waals surface area contributed by atoms with E-state index in [4.69, 9.17) is 0 Å². The predicted octanol–water partition coefficient (Wildman–Crippen LogP) is 2.98. The van der Waals surface area contributed by atoms with Crippen LogP contribution < -0.4 is 10.6 Å². The van der Waals surface area contributed by atoms with Gasteiger partial charge in [0.05, 0.1) is 12.3 Å². The van der Waals surface area contributed by atoms with Crippen LogP contribution in [0.4, 0.5) is 10.1 Å². The number of hydrogen-bond acceptors (Lipinski definition) is 3. The summed E-state index contributed by atoms with van der Waals surface area (Å²) in [6.45, 7) is 1.88. The third-order valence-electron chi connectivity index (χ3n) is 2.97. The zero-order chi connectivity index (χ0) is 16.7. The lowest BCUT2D eigenvalue weighted by molar-refractivity contribution is -0.122. The van der Waals surface area contributed by atoms with Crippen LogP contribution in [0.1, 0.15) is 5.56 Å². The molecule has 0 bridgehead atoms. The van der Waals surface area contributed by atoms with Gasteiger partial charge >= 0.3 is 0 Å². The van der Waals surface area contributed by atoms with Crippen molar-refractivity contribution in [1.29, 1.82) is 0 Å².